The number of phenolic OH excluding ortho intramolecular Hbond substituents is 1. The molecule has 2 aliphatic heterocycles. The van der Waals surface area contributed by atoms with E-state index in [4.69, 9.17) is 38.4 Å². The topological polar surface area (TPSA) is 102 Å². The molecule has 2 aromatic carbocycles. The highest BCUT2D eigenvalue weighted by Crippen LogP contribution is 2.38. The summed E-state index contributed by atoms with van der Waals surface area (Å²) in [4.78, 5) is 27.3. The quantitative estimate of drug-likeness (QED) is 0.612. The number of carbonyl (C=O) groups excluding carboxylic acids is 2. The highest BCUT2D eigenvalue weighted by atomic mass is 35.5. The van der Waals surface area contributed by atoms with Crippen LogP contribution < -0.4 is 5.73 Å². The third kappa shape index (κ3) is 5.27. The van der Waals surface area contributed by atoms with Crippen LogP contribution in [-0.4, -0.2) is 53.8 Å². The van der Waals surface area contributed by atoms with Crippen molar-refractivity contribution in [1.82, 2.24) is 4.90 Å². The number of nitrogens with two attached hydrogens (primary N) is 1. The monoisotopic (exact) mass is 492 g/mol. The summed E-state index contributed by atoms with van der Waals surface area (Å²) in [7, 11) is 0. The van der Waals surface area contributed by atoms with E-state index in [1.165, 1.54) is 6.07 Å². The van der Waals surface area contributed by atoms with E-state index in [2.05, 4.69) is 0 Å². The van der Waals surface area contributed by atoms with Gasteiger partial charge in [-0.05, 0) is 37.0 Å². The summed E-state index contributed by atoms with van der Waals surface area (Å²) >= 11 is 12.0. The van der Waals surface area contributed by atoms with Crippen LogP contribution in [-0.2, 0) is 14.3 Å². The van der Waals surface area contributed by atoms with Gasteiger partial charge >= 0.3 is 5.97 Å². The summed E-state index contributed by atoms with van der Waals surface area (Å²) in [6, 6.07) is 11.3. The highest BCUT2D eigenvalue weighted by molar-refractivity contribution is 6.42. The number of phenols is 1. The second kappa shape index (κ2) is 10.3. The van der Waals surface area contributed by atoms with Gasteiger partial charge in [0.25, 0.3) is 5.91 Å². The zero-order valence-electron chi connectivity index (χ0n) is 18.0. The predicted molar refractivity (Wildman–Crippen MR) is 124 cm³/mol. The van der Waals surface area contributed by atoms with Crippen molar-refractivity contribution in [3.8, 4) is 5.75 Å². The number of esters is 1. The van der Waals surface area contributed by atoms with Gasteiger partial charge in [0.1, 0.15) is 11.9 Å². The molecule has 2 saturated heterocycles. The standard InChI is InChI=1S/C24H26Cl2N2O5/c25-17-12-16(19(29)13-18(17)26)21(27)14-6-9-28(10-7-14)23(30)22-20(8-11-32-22)33-24(31)15-4-2-1-3-5-15/h1-5,12-14,20-22,29H,6-11,27H2/t20-,21?,22+/m0/s1. The predicted octanol–water partition coefficient (Wildman–Crippen LogP) is 3.95. The fourth-order valence-corrected chi connectivity index (χ4v) is 4.76. The largest absolute Gasteiger partial charge is 0.508 e. The number of hydrogen-bond donors (Lipinski definition) is 2. The Balaban J connectivity index is 1.35. The molecular weight excluding hydrogens is 467 g/mol. The minimum absolute atomic E-state index is 0.0119. The Kier molecular flexibility index (Phi) is 7.44. The lowest BCUT2D eigenvalue weighted by Gasteiger charge is -2.36. The van der Waals surface area contributed by atoms with Gasteiger partial charge in [-0.1, -0.05) is 41.4 Å². The minimum atomic E-state index is -0.804. The van der Waals surface area contributed by atoms with Crippen LogP contribution in [0.2, 0.25) is 10.0 Å². The average Bonchev–Trinajstić information content (AvgIpc) is 3.29. The summed E-state index contributed by atoms with van der Waals surface area (Å²) in [5.74, 6) is -0.566. The average molecular weight is 493 g/mol. The molecule has 2 fully saturated rings. The molecule has 0 radical (unpaired) electrons. The van der Waals surface area contributed by atoms with Crippen LogP contribution >= 0.6 is 23.2 Å². The van der Waals surface area contributed by atoms with Gasteiger partial charge in [-0.3, -0.25) is 4.79 Å². The molecule has 0 saturated carbocycles. The summed E-state index contributed by atoms with van der Waals surface area (Å²) < 4.78 is 11.2. The second-order valence-electron chi connectivity index (χ2n) is 8.40. The third-order valence-electron chi connectivity index (χ3n) is 6.34. The number of benzene rings is 2. The maximum absolute atomic E-state index is 13.1. The number of ether oxygens (including phenoxy) is 2. The third-order valence-corrected chi connectivity index (χ3v) is 7.06. The van der Waals surface area contributed by atoms with E-state index in [1.807, 2.05) is 6.07 Å². The molecule has 0 spiro atoms. The van der Waals surface area contributed by atoms with Crippen LogP contribution in [0, 0.1) is 5.92 Å². The first kappa shape index (κ1) is 23.8. The van der Waals surface area contributed by atoms with Crippen LogP contribution in [0.5, 0.6) is 5.75 Å². The summed E-state index contributed by atoms with van der Waals surface area (Å²) in [5, 5.41) is 10.8. The number of nitrogens with zero attached hydrogens (tertiary/aromatic N) is 1. The maximum atomic E-state index is 13.1. The molecule has 0 aromatic heterocycles. The lowest BCUT2D eigenvalue weighted by atomic mass is 9.85. The number of hydrogen-bond acceptors (Lipinski definition) is 6. The molecule has 2 aliphatic rings. The normalized spacial score (nSPS) is 22.2. The molecule has 3 N–H and O–H groups in total. The number of carbonyl (C=O) groups is 2. The molecule has 0 bridgehead atoms. The Bertz CT molecular complexity index is 1010. The number of aromatic hydroxyl groups is 1. The smallest absolute Gasteiger partial charge is 0.338 e. The number of likely N-dealkylation sites (tertiary alicyclic amines) is 1. The van der Waals surface area contributed by atoms with Gasteiger partial charge in [0.05, 0.1) is 22.2 Å². The number of rotatable bonds is 5. The molecule has 1 amide bonds. The lowest BCUT2D eigenvalue weighted by Crippen LogP contribution is -2.48. The van der Waals surface area contributed by atoms with Gasteiger partial charge in [-0.2, -0.15) is 0 Å². The van der Waals surface area contributed by atoms with Crippen LogP contribution in [0.1, 0.15) is 41.2 Å². The van der Waals surface area contributed by atoms with Crippen LogP contribution in [0.25, 0.3) is 0 Å². The van der Waals surface area contributed by atoms with Crippen LogP contribution in [0.15, 0.2) is 42.5 Å². The molecular formula is C24H26Cl2N2O5. The molecule has 2 heterocycles. The number of piperidine rings is 1. The Morgan fingerprint density at radius 1 is 1.09 bits per heavy atom. The molecule has 176 valence electrons. The SMILES string of the molecule is NC(c1cc(Cl)c(Cl)cc1O)C1CCN(C(=O)[C@@H]2OCC[C@@H]2OC(=O)c2ccccc2)CC1. The fraction of sp³-hybridized carbons (Fsp3) is 0.417. The lowest BCUT2D eigenvalue weighted by molar-refractivity contribution is -0.146. The Morgan fingerprint density at radius 2 is 1.76 bits per heavy atom. The molecule has 1 unspecified atom stereocenters. The van der Waals surface area contributed by atoms with Crippen molar-refractivity contribution in [1.29, 1.82) is 0 Å². The van der Waals surface area contributed by atoms with E-state index in [-0.39, 0.29) is 22.6 Å². The Labute approximate surface area is 202 Å². The first-order valence-corrected chi connectivity index (χ1v) is 11.7. The fourth-order valence-electron chi connectivity index (χ4n) is 4.43. The molecule has 4 rings (SSSR count). The van der Waals surface area contributed by atoms with E-state index in [9.17, 15) is 14.7 Å². The van der Waals surface area contributed by atoms with Crippen molar-refractivity contribution in [3.05, 3.63) is 63.6 Å². The second-order valence-corrected chi connectivity index (χ2v) is 9.22. The van der Waals surface area contributed by atoms with Gasteiger partial charge in [-0.15, -0.1) is 0 Å². The van der Waals surface area contributed by atoms with E-state index >= 15 is 0 Å². The molecule has 2 aromatic rings. The van der Waals surface area contributed by atoms with Crippen molar-refractivity contribution in [3.63, 3.8) is 0 Å². The summed E-state index contributed by atoms with van der Waals surface area (Å²) in [6.07, 6.45) is 0.384. The summed E-state index contributed by atoms with van der Waals surface area (Å²) in [6.45, 7) is 1.36. The zero-order valence-corrected chi connectivity index (χ0v) is 19.5. The van der Waals surface area contributed by atoms with Gasteiger partial charge in [0, 0.05) is 37.2 Å². The van der Waals surface area contributed by atoms with Crippen molar-refractivity contribution in [2.75, 3.05) is 19.7 Å². The molecule has 3 atom stereocenters. The Morgan fingerprint density at radius 3 is 2.45 bits per heavy atom. The van der Waals surface area contributed by atoms with Crippen molar-refractivity contribution >= 4 is 35.1 Å². The number of amides is 1. The zero-order chi connectivity index (χ0) is 23.5. The van der Waals surface area contributed by atoms with Crippen molar-refractivity contribution < 1.29 is 24.2 Å². The number of halogens is 2. The molecule has 33 heavy (non-hydrogen) atoms. The van der Waals surface area contributed by atoms with Gasteiger partial charge in [0.2, 0.25) is 0 Å². The van der Waals surface area contributed by atoms with E-state index in [0.717, 1.165) is 0 Å². The van der Waals surface area contributed by atoms with Gasteiger partial charge < -0.3 is 25.2 Å². The van der Waals surface area contributed by atoms with E-state index in [1.54, 1.807) is 35.2 Å². The van der Waals surface area contributed by atoms with Crippen molar-refractivity contribution in [2.45, 2.75) is 37.5 Å². The van der Waals surface area contributed by atoms with Gasteiger partial charge in [0.15, 0.2) is 6.10 Å². The van der Waals surface area contributed by atoms with Gasteiger partial charge in [-0.25, -0.2) is 4.79 Å². The van der Waals surface area contributed by atoms with Crippen LogP contribution in [0.3, 0.4) is 0 Å². The van der Waals surface area contributed by atoms with Crippen molar-refractivity contribution in [2.24, 2.45) is 11.7 Å². The molecule has 9 heteroatoms. The summed E-state index contributed by atoms with van der Waals surface area (Å²) in [5.41, 5.74) is 7.40. The molecule has 7 nitrogen and oxygen atoms in total. The molecule has 0 aliphatic carbocycles. The van der Waals surface area contributed by atoms with Crippen LogP contribution in [0.4, 0.5) is 0 Å². The van der Waals surface area contributed by atoms with E-state index < -0.39 is 24.2 Å². The Hall–Kier alpha value is -2.32. The minimum Gasteiger partial charge on any atom is -0.508 e. The first-order valence-electron chi connectivity index (χ1n) is 10.9. The van der Waals surface area contributed by atoms with E-state index in [0.29, 0.717) is 55.1 Å². The maximum Gasteiger partial charge on any atom is 0.338 e. The first-order chi connectivity index (χ1) is 15.8. The highest BCUT2D eigenvalue weighted by Gasteiger charge is 2.41.